The molecular formula is C15H21N3O. The van der Waals surface area contributed by atoms with Gasteiger partial charge in [-0.1, -0.05) is 18.2 Å². The van der Waals surface area contributed by atoms with Gasteiger partial charge < -0.3 is 10.1 Å². The molecule has 0 saturated carbocycles. The van der Waals surface area contributed by atoms with E-state index in [1.165, 1.54) is 11.3 Å². The second-order valence-corrected chi connectivity index (χ2v) is 4.41. The average molecular weight is 259 g/mol. The summed E-state index contributed by atoms with van der Waals surface area (Å²) in [4.78, 5) is 0. The van der Waals surface area contributed by atoms with E-state index in [2.05, 4.69) is 22.5 Å². The van der Waals surface area contributed by atoms with Crippen molar-refractivity contribution in [1.29, 1.82) is 0 Å². The van der Waals surface area contributed by atoms with Crippen LogP contribution in [0.1, 0.15) is 18.2 Å². The first-order chi connectivity index (χ1) is 9.31. The van der Waals surface area contributed by atoms with Crippen LogP contribution in [0.3, 0.4) is 0 Å². The standard InChI is InChI=1S/C15H21N3O/c1-3-19-15-7-5-4-6-13(15)12-16-10-8-14-9-11-17-18(14)2/h4-7,9,11,16H,3,8,10,12H2,1-2H3. The van der Waals surface area contributed by atoms with E-state index in [1.54, 1.807) is 0 Å². The summed E-state index contributed by atoms with van der Waals surface area (Å²) >= 11 is 0. The summed E-state index contributed by atoms with van der Waals surface area (Å²) in [6.07, 6.45) is 2.81. The summed E-state index contributed by atoms with van der Waals surface area (Å²) in [7, 11) is 1.97. The minimum atomic E-state index is 0.700. The highest BCUT2D eigenvalue weighted by atomic mass is 16.5. The molecule has 4 heteroatoms. The highest BCUT2D eigenvalue weighted by molar-refractivity contribution is 5.33. The van der Waals surface area contributed by atoms with Crippen LogP contribution < -0.4 is 10.1 Å². The molecule has 0 atom stereocenters. The van der Waals surface area contributed by atoms with Gasteiger partial charge >= 0.3 is 0 Å². The first-order valence-corrected chi connectivity index (χ1v) is 6.69. The molecular weight excluding hydrogens is 238 g/mol. The van der Waals surface area contributed by atoms with Gasteiger partial charge in [0.15, 0.2) is 0 Å². The molecule has 0 spiro atoms. The van der Waals surface area contributed by atoms with Crippen molar-refractivity contribution in [3.63, 3.8) is 0 Å². The van der Waals surface area contributed by atoms with Gasteiger partial charge in [-0.05, 0) is 19.1 Å². The third-order valence-corrected chi connectivity index (χ3v) is 3.07. The molecule has 1 N–H and O–H groups in total. The summed E-state index contributed by atoms with van der Waals surface area (Å²) in [6.45, 7) is 4.46. The van der Waals surface area contributed by atoms with Crippen molar-refractivity contribution in [2.24, 2.45) is 7.05 Å². The maximum Gasteiger partial charge on any atom is 0.123 e. The average Bonchev–Trinajstić information content (AvgIpc) is 2.82. The van der Waals surface area contributed by atoms with Crippen LogP contribution in [0.25, 0.3) is 0 Å². The van der Waals surface area contributed by atoms with Gasteiger partial charge in [-0.3, -0.25) is 4.68 Å². The van der Waals surface area contributed by atoms with Crippen LogP contribution in [0.4, 0.5) is 0 Å². The van der Waals surface area contributed by atoms with Gasteiger partial charge in [0.05, 0.1) is 6.61 Å². The zero-order chi connectivity index (χ0) is 13.5. The van der Waals surface area contributed by atoms with E-state index in [1.807, 2.05) is 43.0 Å². The largest absolute Gasteiger partial charge is 0.494 e. The van der Waals surface area contributed by atoms with E-state index < -0.39 is 0 Å². The van der Waals surface area contributed by atoms with Crippen molar-refractivity contribution in [3.05, 3.63) is 47.8 Å². The van der Waals surface area contributed by atoms with E-state index in [9.17, 15) is 0 Å². The van der Waals surface area contributed by atoms with E-state index in [4.69, 9.17) is 4.74 Å². The van der Waals surface area contributed by atoms with Crippen LogP contribution in [-0.2, 0) is 20.0 Å². The zero-order valence-corrected chi connectivity index (χ0v) is 11.6. The number of benzene rings is 1. The number of aryl methyl sites for hydroxylation is 1. The van der Waals surface area contributed by atoms with E-state index >= 15 is 0 Å². The van der Waals surface area contributed by atoms with Crippen LogP contribution in [0.2, 0.25) is 0 Å². The molecule has 0 aliphatic carbocycles. The molecule has 2 aromatic rings. The van der Waals surface area contributed by atoms with Gasteiger partial charge in [0.1, 0.15) is 5.75 Å². The van der Waals surface area contributed by atoms with Crippen molar-refractivity contribution in [2.75, 3.05) is 13.2 Å². The second-order valence-electron chi connectivity index (χ2n) is 4.41. The molecule has 102 valence electrons. The van der Waals surface area contributed by atoms with Gasteiger partial charge in [0.25, 0.3) is 0 Å². The Labute approximate surface area is 114 Å². The molecule has 0 aliphatic heterocycles. The van der Waals surface area contributed by atoms with Crippen LogP contribution >= 0.6 is 0 Å². The van der Waals surface area contributed by atoms with E-state index in [-0.39, 0.29) is 0 Å². The third-order valence-electron chi connectivity index (χ3n) is 3.07. The van der Waals surface area contributed by atoms with E-state index in [0.717, 1.165) is 25.3 Å². The molecule has 19 heavy (non-hydrogen) atoms. The van der Waals surface area contributed by atoms with Crippen LogP contribution in [0.15, 0.2) is 36.5 Å². The van der Waals surface area contributed by atoms with Gasteiger partial charge in [-0.15, -0.1) is 0 Å². The fourth-order valence-corrected chi connectivity index (χ4v) is 2.03. The van der Waals surface area contributed by atoms with E-state index in [0.29, 0.717) is 6.61 Å². The molecule has 1 heterocycles. The number of nitrogens with one attached hydrogen (secondary N) is 1. The summed E-state index contributed by atoms with van der Waals surface area (Å²) in [5, 5.41) is 7.61. The van der Waals surface area contributed by atoms with Crippen molar-refractivity contribution in [3.8, 4) is 5.75 Å². The lowest BCUT2D eigenvalue weighted by Crippen LogP contribution is -2.18. The Morgan fingerprint density at radius 2 is 2.11 bits per heavy atom. The predicted octanol–water partition coefficient (Wildman–Crippen LogP) is 2.15. The van der Waals surface area contributed by atoms with Gasteiger partial charge in [0, 0.05) is 44.0 Å². The molecule has 2 rings (SSSR count). The lowest BCUT2D eigenvalue weighted by molar-refractivity contribution is 0.335. The molecule has 0 amide bonds. The maximum atomic E-state index is 5.60. The minimum Gasteiger partial charge on any atom is -0.494 e. The van der Waals surface area contributed by atoms with Crippen molar-refractivity contribution < 1.29 is 4.74 Å². The Morgan fingerprint density at radius 1 is 1.26 bits per heavy atom. The van der Waals surface area contributed by atoms with Crippen LogP contribution in [0.5, 0.6) is 5.75 Å². The molecule has 0 fully saturated rings. The third kappa shape index (κ3) is 3.83. The minimum absolute atomic E-state index is 0.700. The fourth-order valence-electron chi connectivity index (χ4n) is 2.03. The molecule has 1 aromatic carbocycles. The Balaban J connectivity index is 1.81. The number of para-hydroxylation sites is 1. The quantitative estimate of drug-likeness (QED) is 0.774. The Kier molecular flexibility index (Phi) is 4.98. The first-order valence-electron chi connectivity index (χ1n) is 6.69. The Bertz CT molecular complexity index is 508. The molecule has 0 unspecified atom stereocenters. The number of ether oxygens (including phenoxy) is 1. The maximum absolute atomic E-state index is 5.60. The lowest BCUT2D eigenvalue weighted by Gasteiger charge is -2.10. The van der Waals surface area contributed by atoms with Crippen molar-refractivity contribution in [1.82, 2.24) is 15.1 Å². The second kappa shape index (κ2) is 6.95. The summed E-state index contributed by atoms with van der Waals surface area (Å²) in [5.74, 6) is 0.970. The fraction of sp³-hybridized carbons (Fsp3) is 0.400. The van der Waals surface area contributed by atoms with Crippen molar-refractivity contribution >= 4 is 0 Å². The SMILES string of the molecule is CCOc1ccccc1CNCCc1ccnn1C. The molecule has 0 aliphatic rings. The lowest BCUT2D eigenvalue weighted by atomic mass is 10.2. The van der Waals surface area contributed by atoms with Gasteiger partial charge in [-0.25, -0.2) is 0 Å². The normalized spacial score (nSPS) is 10.6. The smallest absolute Gasteiger partial charge is 0.123 e. The highest BCUT2D eigenvalue weighted by Gasteiger charge is 2.02. The van der Waals surface area contributed by atoms with Crippen LogP contribution in [-0.4, -0.2) is 22.9 Å². The monoisotopic (exact) mass is 259 g/mol. The number of hydrogen-bond acceptors (Lipinski definition) is 3. The summed E-state index contributed by atoms with van der Waals surface area (Å²) < 4.78 is 7.52. The highest BCUT2D eigenvalue weighted by Crippen LogP contribution is 2.17. The predicted molar refractivity (Wildman–Crippen MR) is 76.2 cm³/mol. The molecule has 0 saturated heterocycles. The molecule has 0 bridgehead atoms. The molecule has 1 aromatic heterocycles. The number of hydrogen-bond donors (Lipinski definition) is 1. The molecule has 4 nitrogen and oxygen atoms in total. The number of nitrogens with zero attached hydrogens (tertiary/aromatic N) is 2. The summed E-state index contributed by atoms with van der Waals surface area (Å²) in [6, 6.07) is 10.2. The van der Waals surface area contributed by atoms with Gasteiger partial charge in [0.2, 0.25) is 0 Å². The van der Waals surface area contributed by atoms with Crippen molar-refractivity contribution in [2.45, 2.75) is 19.9 Å². The number of aromatic nitrogens is 2. The van der Waals surface area contributed by atoms with Crippen LogP contribution in [0, 0.1) is 0 Å². The Hall–Kier alpha value is -1.81. The topological polar surface area (TPSA) is 39.1 Å². The molecule has 0 radical (unpaired) electrons. The summed E-state index contributed by atoms with van der Waals surface area (Å²) in [5.41, 5.74) is 2.44. The Morgan fingerprint density at radius 3 is 2.84 bits per heavy atom. The first kappa shape index (κ1) is 13.6. The zero-order valence-electron chi connectivity index (χ0n) is 11.6. The number of rotatable bonds is 7. The van der Waals surface area contributed by atoms with Gasteiger partial charge in [-0.2, -0.15) is 5.10 Å².